The largest absolute Gasteiger partial charge is 0.433 e. The number of anilines is 1. The number of nitrogens with one attached hydrogen (secondary N) is 1. The van der Waals surface area contributed by atoms with E-state index >= 15 is 0 Å². The molecule has 7 nitrogen and oxygen atoms in total. The SMILES string of the molecule is Cc1ccncc1CN(c1ccc(C(F)(F)F)nc1)C1CCN([C@H](C)CCNC(=O)c2c(C)cc(Cl)nc2C)CC1. The molecule has 0 aromatic carbocycles. The predicted molar refractivity (Wildman–Crippen MR) is 154 cm³/mol. The number of nitrogens with zero attached hydrogens (tertiary/aromatic N) is 5. The quantitative estimate of drug-likeness (QED) is 0.302. The number of carbonyl (C=O) groups is 1. The highest BCUT2D eigenvalue weighted by atomic mass is 35.5. The number of alkyl halides is 3. The molecule has 3 aromatic rings. The van der Waals surface area contributed by atoms with E-state index in [1.54, 1.807) is 19.2 Å². The van der Waals surface area contributed by atoms with Crippen molar-refractivity contribution < 1.29 is 18.0 Å². The van der Waals surface area contributed by atoms with Crippen LogP contribution in [-0.4, -0.2) is 57.5 Å². The van der Waals surface area contributed by atoms with Crippen LogP contribution in [0.3, 0.4) is 0 Å². The summed E-state index contributed by atoms with van der Waals surface area (Å²) in [6, 6.07) is 6.58. The molecule has 4 rings (SSSR count). The number of rotatable bonds is 9. The van der Waals surface area contributed by atoms with Gasteiger partial charge in [0.2, 0.25) is 0 Å². The Morgan fingerprint density at radius 3 is 2.49 bits per heavy atom. The average molecular weight is 589 g/mol. The summed E-state index contributed by atoms with van der Waals surface area (Å²) in [4.78, 5) is 29.5. The van der Waals surface area contributed by atoms with Gasteiger partial charge in [0.25, 0.3) is 5.91 Å². The summed E-state index contributed by atoms with van der Waals surface area (Å²) in [7, 11) is 0. The highest BCUT2D eigenvalue weighted by molar-refractivity contribution is 6.29. The van der Waals surface area contributed by atoms with Gasteiger partial charge in [-0.15, -0.1) is 0 Å². The van der Waals surface area contributed by atoms with Gasteiger partial charge in [-0.2, -0.15) is 13.2 Å². The maximum atomic E-state index is 13.1. The fourth-order valence-corrected chi connectivity index (χ4v) is 5.72. The molecule has 1 amide bonds. The first-order chi connectivity index (χ1) is 19.4. The van der Waals surface area contributed by atoms with E-state index in [1.165, 1.54) is 12.3 Å². The van der Waals surface area contributed by atoms with Crippen molar-refractivity contribution in [3.05, 3.63) is 81.7 Å². The molecule has 0 spiro atoms. The van der Waals surface area contributed by atoms with E-state index in [9.17, 15) is 18.0 Å². The molecule has 1 atom stereocenters. The monoisotopic (exact) mass is 588 g/mol. The molecule has 1 N–H and O–H groups in total. The summed E-state index contributed by atoms with van der Waals surface area (Å²) in [6.07, 6.45) is 2.89. The molecule has 0 radical (unpaired) electrons. The van der Waals surface area contributed by atoms with E-state index in [0.717, 1.165) is 55.1 Å². The average Bonchev–Trinajstić information content (AvgIpc) is 2.92. The van der Waals surface area contributed by atoms with Crippen LogP contribution in [0.1, 0.15) is 64.6 Å². The van der Waals surface area contributed by atoms with Crippen LogP contribution in [0.25, 0.3) is 0 Å². The Balaban J connectivity index is 1.37. The maximum Gasteiger partial charge on any atom is 0.433 e. The van der Waals surface area contributed by atoms with Crippen LogP contribution >= 0.6 is 11.6 Å². The highest BCUT2D eigenvalue weighted by Gasteiger charge is 2.33. The predicted octanol–water partition coefficient (Wildman–Crippen LogP) is 6.15. The van der Waals surface area contributed by atoms with Gasteiger partial charge in [0.1, 0.15) is 10.8 Å². The minimum absolute atomic E-state index is 0.139. The van der Waals surface area contributed by atoms with E-state index in [1.807, 2.05) is 26.1 Å². The van der Waals surface area contributed by atoms with Gasteiger partial charge in [-0.3, -0.25) is 9.78 Å². The number of aromatic nitrogens is 3. The highest BCUT2D eigenvalue weighted by Crippen LogP contribution is 2.31. The Bertz CT molecular complexity index is 1320. The first-order valence-electron chi connectivity index (χ1n) is 13.8. The number of hydrogen-bond acceptors (Lipinski definition) is 6. The number of hydrogen-bond donors (Lipinski definition) is 1. The van der Waals surface area contributed by atoms with Crippen molar-refractivity contribution in [1.82, 2.24) is 25.2 Å². The first-order valence-corrected chi connectivity index (χ1v) is 14.2. The van der Waals surface area contributed by atoms with Crippen LogP contribution in [0.4, 0.5) is 18.9 Å². The summed E-state index contributed by atoms with van der Waals surface area (Å²) in [5.41, 5.74) is 3.84. The molecule has 1 aliphatic rings. The Kier molecular flexibility index (Phi) is 9.86. The number of likely N-dealkylation sites (tertiary alicyclic amines) is 1. The van der Waals surface area contributed by atoms with Crippen LogP contribution < -0.4 is 10.2 Å². The van der Waals surface area contributed by atoms with Gasteiger partial charge in [-0.1, -0.05) is 11.6 Å². The smallest absolute Gasteiger partial charge is 0.363 e. The standard InChI is InChI=1S/C30H36ClF3N6O/c1-19-7-11-35-16-23(19)18-40(25-5-6-26(37-17-25)30(32,33)34)24-9-13-39(14-10-24)21(3)8-12-36-29(41)28-20(2)15-27(31)38-22(28)4/h5-7,11,15-17,21,24H,8-10,12-14,18H2,1-4H3,(H,36,41)/t21-/m1/s1. The van der Waals surface area contributed by atoms with Gasteiger partial charge >= 0.3 is 6.18 Å². The molecule has 4 heterocycles. The van der Waals surface area contributed by atoms with Crippen molar-refractivity contribution in [2.24, 2.45) is 0 Å². The number of piperidine rings is 1. The van der Waals surface area contributed by atoms with Crippen molar-refractivity contribution in [1.29, 1.82) is 0 Å². The zero-order chi connectivity index (χ0) is 29.7. The lowest BCUT2D eigenvalue weighted by molar-refractivity contribution is -0.141. The van der Waals surface area contributed by atoms with Gasteiger partial charge in [-0.05, 0) is 87.9 Å². The first kappa shape index (κ1) is 30.7. The van der Waals surface area contributed by atoms with Gasteiger partial charge in [-0.25, -0.2) is 9.97 Å². The van der Waals surface area contributed by atoms with Crippen LogP contribution in [0.5, 0.6) is 0 Å². The van der Waals surface area contributed by atoms with Crippen LogP contribution in [0.15, 0.2) is 42.9 Å². The number of carbonyl (C=O) groups excluding carboxylic acids is 1. The van der Waals surface area contributed by atoms with Gasteiger partial charge < -0.3 is 15.1 Å². The van der Waals surface area contributed by atoms with E-state index in [-0.39, 0.29) is 18.0 Å². The Morgan fingerprint density at radius 1 is 1.15 bits per heavy atom. The summed E-state index contributed by atoms with van der Waals surface area (Å²) in [6.45, 7) is 10.6. The molecule has 0 aliphatic carbocycles. The second-order valence-electron chi connectivity index (χ2n) is 10.7. The van der Waals surface area contributed by atoms with E-state index < -0.39 is 11.9 Å². The summed E-state index contributed by atoms with van der Waals surface area (Å²) in [5, 5.41) is 3.39. The third-order valence-electron chi connectivity index (χ3n) is 7.86. The van der Waals surface area contributed by atoms with Crippen molar-refractivity contribution in [2.45, 2.75) is 71.8 Å². The number of halogens is 4. The van der Waals surface area contributed by atoms with Gasteiger partial charge in [0, 0.05) is 50.7 Å². The van der Waals surface area contributed by atoms with E-state index in [2.05, 4.69) is 37.0 Å². The lowest BCUT2D eigenvalue weighted by atomic mass is 9.99. The van der Waals surface area contributed by atoms with E-state index in [0.29, 0.717) is 35.2 Å². The second kappa shape index (κ2) is 13.2. The third-order valence-corrected chi connectivity index (χ3v) is 8.06. The zero-order valence-corrected chi connectivity index (χ0v) is 24.6. The van der Waals surface area contributed by atoms with Crippen molar-refractivity contribution in [3.63, 3.8) is 0 Å². The summed E-state index contributed by atoms with van der Waals surface area (Å²) in [5.74, 6) is -0.151. The Labute approximate surface area is 244 Å². The van der Waals surface area contributed by atoms with Gasteiger partial charge in [0.15, 0.2) is 0 Å². The normalized spacial score (nSPS) is 15.5. The van der Waals surface area contributed by atoms with Crippen molar-refractivity contribution in [2.75, 3.05) is 24.5 Å². The second-order valence-corrected chi connectivity index (χ2v) is 11.1. The Hall–Kier alpha value is -3.24. The molecular weight excluding hydrogens is 553 g/mol. The summed E-state index contributed by atoms with van der Waals surface area (Å²) < 4.78 is 39.4. The molecule has 3 aromatic heterocycles. The fraction of sp³-hybridized carbons (Fsp3) is 0.467. The molecule has 41 heavy (non-hydrogen) atoms. The molecule has 1 fully saturated rings. The molecule has 220 valence electrons. The zero-order valence-electron chi connectivity index (χ0n) is 23.8. The Morgan fingerprint density at radius 2 is 1.88 bits per heavy atom. The minimum Gasteiger partial charge on any atom is -0.363 e. The molecule has 0 saturated carbocycles. The molecular formula is C30H36ClF3N6O. The lowest BCUT2D eigenvalue weighted by Crippen LogP contribution is -2.48. The van der Waals surface area contributed by atoms with E-state index in [4.69, 9.17) is 11.6 Å². The molecule has 0 unspecified atom stereocenters. The molecule has 0 bridgehead atoms. The lowest BCUT2D eigenvalue weighted by Gasteiger charge is -2.42. The topological polar surface area (TPSA) is 74.2 Å². The molecule has 1 aliphatic heterocycles. The third kappa shape index (κ3) is 7.74. The van der Waals surface area contributed by atoms with Gasteiger partial charge in [0.05, 0.1) is 23.1 Å². The van der Waals surface area contributed by atoms with Crippen LogP contribution in [0.2, 0.25) is 5.15 Å². The van der Waals surface area contributed by atoms with Crippen LogP contribution in [0, 0.1) is 20.8 Å². The van der Waals surface area contributed by atoms with Crippen molar-refractivity contribution in [3.8, 4) is 0 Å². The van der Waals surface area contributed by atoms with Crippen molar-refractivity contribution >= 4 is 23.2 Å². The maximum absolute atomic E-state index is 13.1. The fourth-order valence-electron chi connectivity index (χ4n) is 5.43. The number of pyridine rings is 3. The minimum atomic E-state index is -4.48. The van der Waals surface area contributed by atoms with Crippen LogP contribution in [-0.2, 0) is 12.7 Å². The number of aryl methyl sites for hydroxylation is 3. The summed E-state index contributed by atoms with van der Waals surface area (Å²) >= 11 is 6.00. The molecule has 1 saturated heterocycles. The molecule has 11 heteroatoms. The number of amides is 1.